The Morgan fingerprint density at radius 1 is 1.42 bits per heavy atom. The third-order valence-corrected chi connectivity index (χ3v) is 2.74. The Morgan fingerprint density at radius 2 is 2.05 bits per heavy atom. The molecule has 0 bridgehead atoms. The van der Waals surface area contributed by atoms with Gasteiger partial charge in [0.1, 0.15) is 12.2 Å². The van der Waals surface area contributed by atoms with E-state index in [2.05, 4.69) is 4.99 Å². The minimum atomic E-state index is -0.512. The van der Waals surface area contributed by atoms with E-state index in [4.69, 9.17) is 9.47 Å². The molecule has 1 heterocycles. The van der Waals surface area contributed by atoms with Crippen LogP contribution in [-0.4, -0.2) is 30.4 Å². The fourth-order valence-corrected chi connectivity index (χ4v) is 1.82. The van der Waals surface area contributed by atoms with E-state index in [9.17, 15) is 5.11 Å². The molecule has 2 rings (SSSR count). The Bertz CT molecular complexity index is 432. The summed E-state index contributed by atoms with van der Waals surface area (Å²) in [6.45, 7) is 6.17. The van der Waals surface area contributed by atoms with Gasteiger partial charge in [0, 0.05) is 5.60 Å². The highest BCUT2D eigenvalue weighted by Gasteiger charge is 2.32. The van der Waals surface area contributed by atoms with E-state index < -0.39 is 11.7 Å². The summed E-state index contributed by atoms with van der Waals surface area (Å²) in [4.78, 5) is 4.13. The van der Waals surface area contributed by atoms with Crippen LogP contribution in [0.15, 0.2) is 35.3 Å². The van der Waals surface area contributed by atoms with Crippen molar-refractivity contribution in [3.8, 4) is 0 Å². The Hall–Kier alpha value is -1.55. The average Bonchev–Trinajstić information content (AvgIpc) is 3.10. The molecule has 1 fully saturated rings. The fourth-order valence-electron chi connectivity index (χ4n) is 1.82. The van der Waals surface area contributed by atoms with E-state index in [1.807, 2.05) is 51.1 Å². The highest BCUT2D eigenvalue weighted by Crippen LogP contribution is 2.21. The van der Waals surface area contributed by atoms with Gasteiger partial charge in [-0.1, -0.05) is 51.1 Å². The van der Waals surface area contributed by atoms with Crippen molar-refractivity contribution in [2.24, 2.45) is 4.99 Å². The van der Waals surface area contributed by atoms with Crippen molar-refractivity contribution in [3.05, 3.63) is 35.9 Å². The predicted molar refractivity (Wildman–Crippen MR) is 71.9 cm³/mol. The Balaban J connectivity index is 2.02. The lowest BCUT2D eigenvalue weighted by Gasteiger charge is -2.30. The van der Waals surface area contributed by atoms with Crippen molar-refractivity contribution in [1.29, 1.82) is 0 Å². The lowest BCUT2D eigenvalue weighted by molar-refractivity contribution is -0.261. The summed E-state index contributed by atoms with van der Waals surface area (Å²) in [6.07, 6.45) is 0.238. The van der Waals surface area contributed by atoms with Gasteiger partial charge in [0.15, 0.2) is 0 Å². The third-order valence-electron chi connectivity index (χ3n) is 2.74. The number of benzene rings is 1. The Morgan fingerprint density at radius 3 is 2.58 bits per heavy atom. The van der Waals surface area contributed by atoms with E-state index >= 15 is 0 Å². The van der Waals surface area contributed by atoms with Crippen LogP contribution in [-0.2, 0) is 15.9 Å². The predicted octanol–water partition coefficient (Wildman–Crippen LogP) is 1.53. The van der Waals surface area contributed by atoms with Gasteiger partial charge in [-0.15, -0.1) is 0 Å². The number of aliphatic imine (C=N–C) groups is 1. The molecule has 1 aromatic carbocycles. The van der Waals surface area contributed by atoms with Gasteiger partial charge in [0.05, 0.1) is 12.6 Å². The van der Waals surface area contributed by atoms with E-state index in [1.165, 1.54) is 0 Å². The zero-order valence-electron chi connectivity index (χ0n) is 11.6. The van der Waals surface area contributed by atoms with Crippen molar-refractivity contribution in [1.82, 2.24) is 0 Å². The highest BCUT2D eigenvalue weighted by atomic mass is 16.6. The van der Waals surface area contributed by atoms with Crippen molar-refractivity contribution < 1.29 is 14.6 Å². The molecule has 104 valence electrons. The first-order chi connectivity index (χ1) is 8.94. The summed E-state index contributed by atoms with van der Waals surface area (Å²) in [6, 6.07) is 9.83. The largest absolute Gasteiger partial charge is 0.595 e. The van der Waals surface area contributed by atoms with Crippen LogP contribution < -0.4 is 5.11 Å². The molecule has 0 saturated carbocycles. The van der Waals surface area contributed by atoms with Crippen LogP contribution in [0.2, 0.25) is 0 Å². The molecule has 0 unspecified atom stereocenters. The zero-order valence-corrected chi connectivity index (χ0v) is 11.6. The van der Waals surface area contributed by atoms with E-state index in [0.717, 1.165) is 5.56 Å². The van der Waals surface area contributed by atoms with Crippen molar-refractivity contribution >= 4 is 6.08 Å². The normalized spacial score (nSPS) is 21.0. The van der Waals surface area contributed by atoms with E-state index in [0.29, 0.717) is 13.0 Å². The lowest BCUT2D eigenvalue weighted by Crippen LogP contribution is -2.34. The Labute approximate surface area is 114 Å². The summed E-state index contributed by atoms with van der Waals surface area (Å²) in [5.41, 5.74) is 0.637. The molecule has 4 heteroatoms. The van der Waals surface area contributed by atoms with Gasteiger partial charge in [-0.2, -0.15) is 0 Å². The minimum absolute atomic E-state index is 0.0488. The van der Waals surface area contributed by atoms with Gasteiger partial charge in [-0.25, -0.2) is 0 Å². The lowest BCUT2D eigenvalue weighted by atomic mass is 10.0. The van der Waals surface area contributed by atoms with Crippen LogP contribution >= 0.6 is 0 Å². The summed E-state index contributed by atoms with van der Waals surface area (Å²) in [5.74, 6) is 0. The molecule has 0 aromatic heterocycles. The second-order valence-electron chi connectivity index (χ2n) is 5.74. The van der Waals surface area contributed by atoms with Crippen LogP contribution in [0.4, 0.5) is 0 Å². The molecule has 1 saturated heterocycles. The maximum absolute atomic E-state index is 11.7. The van der Waals surface area contributed by atoms with Crippen LogP contribution in [0.3, 0.4) is 0 Å². The second-order valence-corrected chi connectivity index (χ2v) is 5.74. The number of hydrogen-bond donors (Lipinski definition) is 0. The topological polar surface area (TPSA) is 57.2 Å². The molecule has 1 aliphatic heterocycles. The van der Waals surface area contributed by atoms with Gasteiger partial charge >= 0.3 is 0 Å². The first-order valence-corrected chi connectivity index (χ1v) is 6.53. The first-order valence-electron chi connectivity index (χ1n) is 6.53. The van der Waals surface area contributed by atoms with Crippen LogP contribution in [0.1, 0.15) is 26.3 Å². The molecule has 0 spiro atoms. The molecule has 19 heavy (non-hydrogen) atoms. The number of ether oxygens (including phenoxy) is 2. The van der Waals surface area contributed by atoms with Crippen LogP contribution in [0.5, 0.6) is 0 Å². The first kappa shape index (κ1) is 13.9. The van der Waals surface area contributed by atoms with E-state index in [-0.39, 0.29) is 12.1 Å². The van der Waals surface area contributed by atoms with Crippen molar-refractivity contribution in [2.45, 2.75) is 44.9 Å². The standard InChI is InChI=1S/C15H21NO3/c1-15(2,3)19-14(17)16-12(13-10-18-13)9-11-7-5-4-6-8-11/h4-8,12-13H,9-10H2,1-3H3,(H,16,17)/p-1/t12-,13-/m1/s1. The molecule has 1 aliphatic rings. The summed E-state index contributed by atoms with van der Waals surface area (Å²) in [5, 5.41) is 11.7. The van der Waals surface area contributed by atoms with Gasteiger partial charge < -0.3 is 14.6 Å². The molecule has 0 amide bonds. The number of hydrogen-bond acceptors (Lipinski definition) is 4. The maximum Gasteiger partial charge on any atom is 0.146 e. The van der Waals surface area contributed by atoms with Crippen molar-refractivity contribution in [3.63, 3.8) is 0 Å². The van der Waals surface area contributed by atoms with Gasteiger partial charge in [-0.05, 0) is 12.0 Å². The summed E-state index contributed by atoms with van der Waals surface area (Å²) >= 11 is 0. The molecule has 1 aromatic rings. The molecule has 0 aliphatic carbocycles. The molecule has 2 atom stereocenters. The van der Waals surface area contributed by atoms with Gasteiger partial charge in [0.25, 0.3) is 0 Å². The highest BCUT2D eigenvalue weighted by molar-refractivity contribution is 5.62. The fraction of sp³-hybridized carbons (Fsp3) is 0.533. The van der Waals surface area contributed by atoms with Crippen LogP contribution in [0.25, 0.3) is 0 Å². The molecule has 4 nitrogen and oxygen atoms in total. The third kappa shape index (κ3) is 4.91. The van der Waals surface area contributed by atoms with Gasteiger partial charge in [0.2, 0.25) is 0 Å². The number of nitrogens with zero attached hydrogens (tertiary/aromatic N) is 1. The van der Waals surface area contributed by atoms with Crippen LogP contribution in [0, 0.1) is 0 Å². The number of rotatable bonds is 4. The Kier molecular flexibility index (Phi) is 4.10. The molecule has 0 radical (unpaired) electrons. The molecular formula is C15H20NO3-. The molecular weight excluding hydrogens is 242 g/mol. The summed E-state index contributed by atoms with van der Waals surface area (Å²) in [7, 11) is 0. The zero-order chi connectivity index (χ0) is 13.9. The van der Waals surface area contributed by atoms with E-state index in [1.54, 1.807) is 0 Å². The van der Waals surface area contributed by atoms with Gasteiger partial charge in [-0.3, -0.25) is 4.99 Å². The monoisotopic (exact) mass is 262 g/mol. The maximum atomic E-state index is 11.7. The average molecular weight is 262 g/mol. The minimum Gasteiger partial charge on any atom is -0.595 e. The quantitative estimate of drug-likeness (QED) is 0.470. The summed E-state index contributed by atoms with van der Waals surface area (Å²) < 4.78 is 10.5. The second kappa shape index (κ2) is 5.61. The molecule has 0 N–H and O–H groups in total. The number of epoxide rings is 1. The smallest absolute Gasteiger partial charge is 0.146 e. The van der Waals surface area contributed by atoms with Crippen molar-refractivity contribution in [2.75, 3.05) is 6.61 Å². The SMILES string of the molecule is CC(C)(C)OC([O-])=N[C@H](Cc1ccccc1)[C@H]1CO1.